The number of fused-ring (bicyclic) bond motifs is 1. The second-order valence-corrected chi connectivity index (χ2v) is 3.97. The van der Waals surface area contributed by atoms with E-state index in [2.05, 4.69) is 6.92 Å². The highest BCUT2D eigenvalue weighted by Gasteiger charge is 2.24. The average Bonchev–Trinajstić information content (AvgIpc) is 2.12. The molecule has 0 amide bonds. The molecule has 13 heavy (non-hydrogen) atoms. The molecule has 0 saturated carbocycles. The van der Waals surface area contributed by atoms with Gasteiger partial charge in [0.2, 0.25) is 0 Å². The van der Waals surface area contributed by atoms with Crippen molar-refractivity contribution < 1.29 is 4.79 Å². The number of rotatable bonds is 0. The van der Waals surface area contributed by atoms with Crippen LogP contribution in [0.25, 0.3) is 0 Å². The molecular weight excluding hydrogens is 184 g/mol. The molecule has 1 unspecified atom stereocenters. The van der Waals surface area contributed by atoms with Crippen molar-refractivity contribution in [1.29, 1.82) is 0 Å². The predicted octanol–water partition coefficient (Wildman–Crippen LogP) is 3.42. The Kier molecular flexibility index (Phi) is 2.12. The van der Waals surface area contributed by atoms with Crippen molar-refractivity contribution >= 4 is 17.4 Å². The zero-order chi connectivity index (χ0) is 9.42. The highest BCUT2D eigenvalue weighted by atomic mass is 35.5. The SMILES string of the molecule is CC1CCC(=O)c2cccc(Cl)c21. The number of hydrogen-bond donors (Lipinski definition) is 0. The first-order chi connectivity index (χ1) is 6.20. The van der Waals surface area contributed by atoms with Gasteiger partial charge in [0.15, 0.2) is 5.78 Å². The second kappa shape index (κ2) is 3.15. The second-order valence-electron chi connectivity index (χ2n) is 3.56. The van der Waals surface area contributed by atoms with Gasteiger partial charge in [-0.15, -0.1) is 0 Å². The molecule has 2 heteroatoms. The zero-order valence-electron chi connectivity index (χ0n) is 7.51. The molecule has 0 N–H and O–H groups in total. The predicted molar refractivity (Wildman–Crippen MR) is 53.4 cm³/mol. The standard InChI is InChI=1S/C11H11ClO/c1-7-5-6-10(13)8-3-2-4-9(12)11(7)8/h2-4,7H,5-6H2,1H3. The Balaban J connectivity index is 2.63. The Bertz CT molecular complexity index is 357. The molecule has 1 aliphatic rings. The summed E-state index contributed by atoms with van der Waals surface area (Å²) in [5, 5.41) is 0.734. The van der Waals surface area contributed by atoms with E-state index in [4.69, 9.17) is 11.6 Å². The third-order valence-electron chi connectivity index (χ3n) is 2.65. The minimum atomic E-state index is 0.232. The van der Waals surface area contributed by atoms with E-state index in [0.29, 0.717) is 12.3 Å². The summed E-state index contributed by atoms with van der Waals surface area (Å²) < 4.78 is 0. The van der Waals surface area contributed by atoms with Gasteiger partial charge in [0.1, 0.15) is 0 Å². The maximum Gasteiger partial charge on any atom is 0.163 e. The lowest BCUT2D eigenvalue weighted by Crippen LogP contribution is -2.14. The summed E-state index contributed by atoms with van der Waals surface area (Å²) in [7, 11) is 0. The van der Waals surface area contributed by atoms with Crippen LogP contribution in [0.5, 0.6) is 0 Å². The first-order valence-electron chi connectivity index (χ1n) is 4.51. The van der Waals surface area contributed by atoms with Gasteiger partial charge in [-0.05, 0) is 24.0 Å². The highest BCUT2D eigenvalue weighted by Crippen LogP contribution is 2.35. The maximum atomic E-state index is 11.5. The summed E-state index contributed by atoms with van der Waals surface area (Å²) in [4.78, 5) is 11.5. The van der Waals surface area contributed by atoms with Crippen LogP contribution in [0.15, 0.2) is 18.2 Å². The summed E-state index contributed by atoms with van der Waals surface area (Å²) in [5.74, 6) is 0.650. The Morgan fingerprint density at radius 2 is 2.23 bits per heavy atom. The first-order valence-corrected chi connectivity index (χ1v) is 4.89. The number of ketones is 1. The number of hydrogen-bond acceptors (Lipinski definition) is 1. The van der Waals surface area contributed by atoms with Gasteiger partial charge in [-0.1, -0.05) is 30.7 Å². The topological polar surface area (TPSA) is 17.1 Å². The van der Waals surface area contributed by atoms with Crippen molar-refractivity contribution in [3.05, 3.63) is 34.3 Å². The van der Waals surface area contributed by atoms with Crippen LogP contribution in [0.1, 0.15) is 41.6 Å². The number of benzene rings is 1. The molecule has 1 aliphatic carbocycles. The van der Waals surface area contributed by atoms with E-state index in [0.717, 1.165) is 22.6 Å². The molecule has 1 atom stereocenters. The van der Waals surface area contributed by atoms with E-state index < -0.39 is 0 Å². The fraction of sp³-hybridized carbons (Fsp3) is 0.364. The summed E-state index contributed by atoms with van der Waals surface area (Å²) in [6, 6.07) is 5.58. The lowest BCUT2D eigenvalue weighted by molar-refractivity contribution is 0.0968. The monoisotopic (exact) mass is 194 g/mol. The fourth-order valence-corrected chi connectivity index (χ4v) is 2.27. The van der Waals surface area contributed by atoms with Crippen LogP contribution < -0.4 is 0 Å². The van der Waals surface area contributed by atoms with Crippen LogP contribution in [-0.2, 0) is 0 Å². The third kappa shape index (κ3) is 1.37. The molecule has 1 nitrogen and oxygen atoms in total. The molecule has 2 rings (SSSR count). The third-order valence-corrected chi connectivity index (χ3v) is 2.98. The average molecular weight is 195 g/mol. The van der Waals surface area contributed by atoms with E-state index in [1.165, 1.54) is 0 Å². The van der Waals surface area contributed by atoms with E-state index in [1.807, 2.05) is 18.2 Å². The van der Waals surface area contributed by atoms with Gasteiger partial charge in [-0.3, -0.25) is 4.79 Å². The summed E-state index contributed by atoms with van der Waals surface area (Å²) in [5.41, 5.74) is 1.87. The Labute approximate surface area is 82.7 Å². The molecule has 1 aromatic carbocycles. The fourth-order valence-electron chi connectivity index (χ4n) is 1.91. The van der Waals surface area contributed by atoms with Gasteiger partial charge in [0.05, 0.1) is 0 Å². The van der Waals surface area contributed by atoms with E-state index >= 15 is 0 Å². The zero-order valence-corrected chi connectivity index (χ0v) is 8.27. The van der Waals surface area contributed by atoms with E-state index in [1.54, 1.807) is 0 Å². The number of halogens is 1. The van der Waals surface area contributed by atoms with Gasteiger partial charge >= 0.3 is 0 Å². The van der Waals surface area contributed by atoms with Gasteiger partial charge in [0, 0.05) is 17.0 Å². The van der Waals surface area contributed by atoms with Gasteiger partial charge in [-0.2, -0.15) is 0 Å². The summed E-state index contributed by atoms with van der Waals surface area (Å²) in [6.45, 7) is 2.12. The molecule has 0 radical (unpaired) electrons. The van der Waals surface area contributed by atoms with Crippen LogP contribution in [0, 0.1) is 0 Å². The molecule has 68 valence electrons. The van der Waals surface area contributed by atoms with Crippen LogP contribution in [0.2, 0.25) is 5.02 Å². The molecule has 0 fully saturated rings. The van der Waals surface area contributed by atoms with Gasteiger partial charge in [-0.25, -0.2) is 0 Å². The van der Waals surface area contributed by atoms with Crippen molar-refractivity contribution in [2.75, 3.05) is 0 Å². The lowest BCUT2D eigenvalue weighted by atomic mass is 9.83. The summed E-state index contributed by atoms with van der Waals surface area (Å²) in [6.07, 6.45) is 1.59. The van der Waals surface area contributed by atoms with Crippen LogP contribution in [-0.4, -0.2) is 5.78 Å². The number of Topliss-reactive ketones (excluding diaryl/α,β-unsaturated/α-hetero) is 1. The van der Waals surface area contributed by atoms with E-state index in [9.17, 15) is 4.79 Å². The van der Waals surface area contributed by atoms with Crippen LogP contribution >= 0.6 is 11.6 Å². The molecule has 1 aromatic rings. The molecule has 0 spiro atoms. The van der Waals surface area contributed by atoms with Crippen molar-refractivity contribution in [3.8, 4) is 0 Å². The van der Waals surface area contributed by atoms with E-state index in [-0.39, 0.29) is 5.78 Å². The number of carbonyl (C=O) groups excluding carboxylic acids is 1. The molecule has 0 aromatic heterocycles. The Morgan fingerprint density at radius 3 is 2.92 bits per heavy atom. The number of carbonyl (C=O) groups is 1. The maximum absolute atomic E-state index is 11.5. The van der Waals surface area contributed by atoms with Crippen LogP contribution in [0.3, 0.4) is 0 Å². The molecule has 0 bridgehead atoms. The molecular formula is C11H11ClO. The summed E-state index contributed by atoms with van der Waals surface area (Å²) >= 11 is 6.05. The highest BCUT2D eigenvalue weighted by molar-refractivity contribution is 6.32. The minimum absolute atomic E-state index is 0.232. The normalized spacial score (nSPS) is 21.4. The van der Waals surface area contributed by atoms with Crippen molar-refractivity contribution in [1.82, 2.24) is 0 Å². The molecule has 0 aliphatic heterocycles. The largest absolute Gasteiger partial charge is 0.294 e. The smallest absolute Gasteiger partial charge is 0.163 e. The molecule has 0 saturated heterocycles. The Morgan fingerprint density at radius 1 is 1.46 bits per heavy atom. The van der Waals surface area contributed by atoms with Crippen LogP contribution in [0.4, 0.5) is 0 Å². The van der Waals surface area contributed by atoms with Crippen molar-refractivity contribution in [3.63, 3.8) is 0 Å². The quantitative estimate of drug-likeness (QED) is 0.619. The first kappa shape index (κ1) is 8.76. The molecule has 0 heterocycles. The Hall–Kier alpha value is -0.820. The lowest BCUT2D eigenvalue weighted by Gasteiger charge is -2.22. The van der Waals surface area contributed by atoms with Crippen molar-refractivity contribution in [2.24, 2.45) is 0 Å². The van der Waals surface area contributed by atoms with Gasteiger partial charge in [0.25, 0.3) is 0 Å². The van der Waals surface area contributed by atoms with Crippen molar-refractivity contribution in [2.45, 2.75) is 25.7 Å². The van der Waals surface area contributed by atoms with Gasteiger partial charge < -0.3 is 0 Å². The minimum Gasteiger partial charge on any atom is -0.294 e.